The summed E-state index contributed by atoms with van der Waals surface area (Å²) < 4.78 is 15.2. The van der Waals surface area contributed by atoms with Crippen molar-refractivity contribution in [1.82, 2.24) is 25.5 Å². The summed E-state index contributed by atoms with van der Waals surface area (Å²) in [6, 6.07) is 13.8. The number of hydrogen-bond donors (Lipinski definition) is 1. The van der Waals surface area contributed by atoms with Gasteiger partial charge >= 0.3 is 0 Å². The topological polar surface area (TPSA) is 72.7 Å². The Bertz CT molecular complexity index is 1060. The molecule has 1 amide bonds. The van der Waals surface area contributed by atoms with Crippen LogP contribution in [-0.4, -0.2) is 26.1 Å². The maximum absolute atomic E-state index is 13.7. The minimum absolute atomic E-state index is 0.0746. The van der Waals surface area contributed by atoms with Crippen LogP contribution < -0.4 is 5.32 Å². The molecule has 0 unspecified atom stereocenters. The predicted molar refractivity (Wildman–Crippen MR) is 111 cm³/mol. The van der Waals surface area contributed by atoms with Gasteiger partial charge in [-0.15, -0.1) is 5.10 Å². The van der Waals surface area contributed by atoms with Crippen molar-refractivity contribution in [1.29, 1.82) is 0 Å². The molecule has 4 rings (SSSR count). The Kier molecular flexibility index (Phi) is 5.37. The molecule has 2 aromatic carbocycles. The fourth-order valence-corrected chi connectivity index (χ4v) is 4.33. The van der Waals surface area contributed by atoms with E-state index in [0.717, 1.165) is 24.0 Å². The van der Waals surface area contributed by atoms with Gasteiger partial charge in [0.1, 0.15) is 17.7 Å². The number of carbonyl (C=O) groups excluding carboxylic acids is 1. The molecule has 0 saturated carbocycles. The van der Waals surface area contributed by atoms with Gasteiger partial charge in [-0.1, -0.05) is 50.2 Å². The lowest BCUT2D eigenvalue weighted by atomic mass is 9.71. The number of aryl methyl sites for hydroxylation is 1. The Morgan fingerprint density at radius 1 is 1.27 bits per heavy atom. The monoisotopic (exact) mass is 407 g/mol. The third-order valence-corrected chi connectivity index (χ3v) is 6.01. The maximum Gasteiger partial charge on any atom is 0.245 e. The summed E-state index contributed by atoms with van der Waals surface area (Å²) in [5.41, 5.74) is 3.21. The number of nitrogens with one attached hydrogen (secondary N) is 1. The Morgan fingerprint density at radius 3 is 2.80 bits per heavy atom. The van der Waals surface area contributed by atoms with Crippen molar-refractivity contribution >= 4 is 5.91 Å². The van der Waals surface area contributed by atoms with Gasteiger partial charge in [-0.25, -0.2) is 9.07 Å². The van der Waals surface area contributed by atoms with E-state index in [9.17, 15) is 9.18 Å². The number of benzene rings is 2. The summed E-state index contributed by atoms with van der Waals surface area (Å²) in [5.74, 6) is 0.0365. The van der Waals surface area contributed by atoms with Crippen LogP contribution in [0.2, 0.25) is 0 Å². The van der Waals surface area contributed by atoms with Crippen molar-refractivity contribution in [2.75, 3.05) is 0 Å². The number of halogens is 1. The highest BCUT2D eigenvalue weighted by Crippen LogP contribution is 2.41. The van der Waals surface area contributed by atoms with Gasteiger partial charge in [-0.2, -0.15) is 0 Å². The molecule has 0 bridgehead atoms. The fraction of sp³-hybridized carbons (Fsp3) is 0.391. The van der Waals surface area contributed by atoms with E-state index in [1.807, 2.05) is 18.2 Å². The number of tetrazole rings is 1. The third-order valence-electron chi connectivity index (χ3n) is 6.01. The second-order valence-electron chi connectivity index (χ2n) is 8.59. The molecule has 2 atom stereocenters. The van der Waals surface area contributed by atoms with E-state index in [4.69, 9.17) is 0 Å². The molecule has 0 radical (unpaired) electrons. The fourth-order valence-electron chi connectivity index (χ4n) is 4.33. The van der Waals surface area contributed by atoms with Gasteiger partial charge in [0.15, 0.2) is 0 Å². The standard InChI is InChI=1S/C23H26FN5O/c1-15-26-27-28-29(15)21(14-16-7-6-8-17(24)13-16)22(30)25-20-11-12-23(2,3)19-10-5-4-9-18(19)20/h4-10,13,20-21H,11-12,14H2,1-3H3,(H,25,30)/t20-,21-/m0/s1. The van der Waals surface area contributed by atoms with Gasteiger partial charge in [-0.05, 0) is 64.4 Å². The lowest BCUT2D eigenvalue weighted by Gasteiger charge is -2.37. The molecule has 0 aliphatic heterocycles. The first-order valence-corrected chi connectivity index (χ1v) is 10.2. The summed E-state index contributed by atoms with van der Waals surface area (Å²) in [4.78, 5) is 13.4. The molecule has 156 valence electrons. The van der Waals surface area contributed by atoms with E-state index in [1.165, 1.54) is 22.4 Å². The number of fused-ring (bicyclic) bond motifs is 1. The molecule has 1 aromatic heterocycles. The van der Waals surface area contributed by atoms with E-state index >= 15 is 0 Å². The third kappa shape index (κ3) is 3.97. The zero-order valence-corrected chi connectivity index (χ0v) is 17.5. The van der Waals surface area contributed by atoms with Crippen LogP contribution in [0.5, 0.6) is 0 Å². The lowest BCUT2D eigenvalue weighted by molar-refractivity contribution is -0.125. The van der Waals surface area contributed by atoms with E-state index in [1.54, 1.807) is 13.0 Å². The van der Waals surface area contributed by atoms with Crippen molar-refractivity contribution in [3.05, 3.63) is 76.9 Å². The van der Waals surface area contributed by atoms with E-state index < -0.39 is 6.04 Å². The molecular weight excluding hydrogens is 381 g/mol. The van der Waals surface area contributed by atoms with Gasteiger partial charge < -0.3 is 5.32 Å². The Hall–Kier alpha value is -3.09. The van der Waals surface area contributed by atoms with E-state index in [2.05, 4.69) is 46.8 Å². The molecule has 0 fully saturated rings. The first-order chi connectivity index (χ1) is 14.3. The SMILES string of the molecule is Cc1nnnn1[C@@H](Cc1cccc(F)c1)C(=O)N[C@H]1CCC(C)(C)c2ccccc21. The van der Waals surface area contributed by atoms with Gasteiger partial charge in [0.25, 0.3) is 0 Å². The predicted octanol–water partition coefficient (Wildman–Crippen LogP) is 3.83. The maximum atomic E-state index is 13.7. The van der Waals surface area contributed by atoms with Crippen molar-refractivity contribution in [3.8, 4) is 0 Å². The largest absolute Gasteiger partial charge is 0.347 e. The van der Waals surface area contributed by atoms with Crippen LogP contribution in [0.15, 0.2) is 48.5 Å². The summed E-state index contributed by atoms with van der Waals surface area (Å²) in [7, 11) is 0. The molecule has 3 aromatic rings. The first-order valence-electron chi connectivity index (χ1n) is 10.2. The van der Waals surface area contributed by atoms with Crippen LogP contribution in [0, 0.1) is 12.7 Å². The molecule has 6 nitrogen and oxygen atoms in total. The van der Waals surface area contributed by atoms with Crippen LogP contribution in [0.25, 0.3) is 0 Å². The van der Waals surface area contributed by atoms with Crippen LogP contribution in [0.1, 0.15) is 61.3 Å². The average Bonchev–Trinajstić information content (AvgIpc) is 3.14. The molecule has 1 N–H and O–H groups in total. The number of aromatic nitrogens is 4. The molecule has 30 heavy (non-hydrogen) atoms. The molecule has 1 heterocycles. The average molecular weight is 407 g/mol. The first kappa shape index (κ1) is 20.2. The quantitative estimate of drug-likeness (QED) is 0.698. The Morgan fingerprint density at radius 2 is 2.07 bits per heavy atom. The summed E-state index contributed by atoms with van der Waals surface area (Å²) in [5, 5.41) is 14.9. The number of rotatable bonds is 5. The van der Waals surface area contributed by atoms with Crippen molar-refractivity contribution < 1.29 is 9.18 Å². The highest BCUT2D eigenvalue weighted by molar-refractivity contribution is 5.81. The van der Waals surface area contributed by atoms with Crippen LogP contribution in [0.3, 0.4) is 0 Å². The lowest BCUT2D eigenvalue weighted by Crippen LogP contribution is -2.40. The summed E-state index contributed by atoms with van der Waals surface area (Å²) in [6.07, 6.45) is 2.14. The van der Waals surface area contributed by atoms with E-state index in [0.29, 0.717) is 12.2 Å². The molecule has 0 spiro atoms. The zero-order chi connectivity index (χ0) is 21.3. The number of carbonyl (C=O) groups is 1. The summed E-state index contributed by atoms with van der Waals surface area (Å²) in [6.45, 7) is 6.23. The Labute approximate surface area is 175 Å². The molecule has 1 aliphatic rings. The van der Waals surface area contributed by atoms with Crippen LogP contribution >= 0.6 is 0 Å². The normalized spacial score (nSPS) is 18.5. The van der Waals surface area contributed by atoms with Crippen molar-refractivity contribution in [2.24, 2.45) is 0 Å². The molecule has 7 heteroatoms. The highest BCUT2D eigenvalue weighted by atomic mass is 19.1. The smallest absolute Gasteiger partial charge is 0.245 e. The molecule has 1 aliphatic carbocycles. The van der Waals surface area contributed by atoms with Gasteiger partial charge in [0.05, 0.1) is 6.04 Å². The van der Waals surface area contributed by atoms with Crippen LogP contribution in [-0.2, 0) is 16.6 Å². The second-order valence-corrected chi connectivity index (χ2v) is 8.59. The molecule has 0 saturated heterocycles. The van der Waals surface area contributed by atoms with Crippen molar-refractivity contribution in [3.63, 3.8) is 0 Å². The van der Waals surface area contributed by atoms with Crippen molar-refractivity contribution in [2.45, 2.75) is 57.5 Å². The zero-order valence-electron chi connectivity index (χ0n) is 17.5. The van der Waals surface area contributed by atoms with Gasteiger partial charge in [0, 0.05) is 6.42 Å². The minimum atomic E-state index is -0.663. The molecular formula is C23H26FN5O. The van der Waals surface area contributed by atoms with E-state index in [-0.39, 0.29) is 23.2 Å². The van der Waals surface area contributed by atoms with Gasteiger partial charge in [0.2, 0.25) is 5.91 Å². The number of nitrogens with zero attached hydrogens (tertiary/aromatic N) is 4. The van der Waals surface area contributed by atoms with Crippen LogP contribution in [0.4, 0.5) is 4.39 Å². The Balaban J connectivity index is 1.62. The second kappa shape index (κ2) is 7.97. The number of amides is 1. The highest BCUT2D eigenvalue weighted by Gasteiger charge is 2.34. The van der Waals surface area contributed by atoms with Gasteiger partial charge in [-0.3, -0.25) is 4.79 Å². The number of hydrogen-bond acceptors (Lipinski definition) is 4. The minimum Gasteiger partial charge on any atom is -0.347 e. The summed E-state index contributed by atoms with van der Waals surface area (Å²) >= 11 is 0.